The Morgan fingerprint density at radius 3 is 2.59 bits per heavy atom. The van der Waals surface area contributed by atoms with Gasteiger partial charge in [0.05, 0.1) is 0 Å². The summed E-state index contributed by atoms with van der Waals surface area (Å²) in [5, 5.41) is 6.82. The van der Waals surface area contributed by atoms with Crippen LogP contribution in [0.25, 0.3) is 0 Å². The molecule has 4 rings (SSSR count). The number of aromatic nitrogens is 2. The molecule has 29 heavy (non-hydrogen) atoms. The first kappa shape index (κ1) is 19.2. The molecule has 1 saturated heterocycles. The maximum Gasteiger partial charge on any atom is 0.321 e. The molecule has 0 spiro atoms. The van der Waals surface area contributed by atoms with Crippen LogP contribution in [-0.2, 0) is 11.4 Å². The molecular weight excluding hydrogens is 374 g/mol. The summed E-state index contributed by atoms with van der Waals surface area (Å²) in [4.78, 5) is 31.9. The Hall–Kier alpha value is -3.10. The lowest BCUT2D eigenvalue weighted by molar-refractivity contribution is -0.128. The van der Waals surface area contributed by atoms with Crippen molar-refractivity contribution in [1.29, 1.82) is 0 Å². The largest absolute Gasteiger partial charge is 0.485 e. The monoisotopic (exact) mass is 399 g/mol. The second-order valence-corrected chi connectivity index (χ2v) is 7.41. The van der Waals surface area contributed by atoms with E-state index in [0.29, 0.717) is 55.2 Å². The number of hydrogen-bond donors (Lipinski definition) is 1. The van der Waals surface area contributed by atoms with Crippen LogP contribution >= 0.6 is 0 Å². The van der Waals surface area contributed by atoms with E-state index in [9.17, 15) is 9.59 Å². The van der Waals surface area contributed by atoms with E-state index < -0.39 is 0 Å². The molecule has 154 valence electrons. The number of nitrogens with zero attached hydrogens (tertiary/aromatic N) is 4. The van der Waals surface area contributed by atoms with Gasteiger partial charge in [-0.3, -0.25) is 4.79 Å². The molecule has 9 heteroatoms. The predicted molar refractivity (Wildman–Crippen MR) is 105 cm³/mol. The van der Waals surface area contributed by atoms with Gasteiger partial charge in [0.1, 0.15) is 5.75 Å². The molecule has 1 aliphatic heterocycles. The molecule has 3 amide bonds. The van der Waals surface area contributed by atoms with Crippen molar-refractivity contribution in [2.45, 2.75) is 38.7 Å². The van der Waals surface area contributed by atoms with E-state index >= 15 is 0 Å². The number of carbonyl (C=O) groups excluding carboxylic acids is 2. The van der Waals surface area contributed by atoms with Gasteiger partial charge in [0.15, 0.2) is 6.61 Å². The van der Waals surface area contributed by atoms with Crippen molar-refractivity contribution in [2.24, 2.45) is 0 Å². The third-order valence-corrected chi connectivity index (χ3v) is 5.11. The quantitative estimate of drug-likeness (QED) is 0.829. The zero-order valence-corrected chi connectivity index (χ0v) is 16.5. The molecule has 0 unspecified atom stereocenters. The maximum atomic E-state index is 12.5. The van der Waals surface area contributed by atoms with Crippen molar-refractivity contribution in [2.75, 3.05) is 31.5 Å². The van der Waals surface area contributed by atoms with Gasteiger partial charge in [-0.2, -0.15) is 4.98 Å². The molecule has 0 radical (unpaired) electrons. The highest BCUT2D eigenvalue weighted by atomic mass is 16.5. The highest BCUT2D eigenvalue weighted by Gasteiger charge is 2.29. The lowest BCUT2D eigenvalue weighted by Gasteiger charge is -2.21. The van der Waals surface area contributed by atoms with Gasteiger partial charge >= 0.3 is 6.03 Å². The van der Waals surface area contributed by atoms with Crippen LogP contribution in [0.15, 0.2) is 28.8 Å². The fourth-order valence-electron chi connectivity index (χ4n) is 3.24. The first-order valence-electron chi connectivity index (χ1n) is 9.95. The van der Waals surface area contributed by atoms with Crippen LogP contribution in [0.4, 0.5) is 10.5 Å². The van der Waals surface area contributed by atoms with Crippen molar-refractivity contribution in [1.82, 2.24) is 19.9 Å². The summed E-state index contributed by atoms with van der Waals surface area (Å²) in [5.74, 6) is 2.36. The third-order valence-electron chi connectivity index (χ3n) is 5.11. The van der Waals surface area contributed by atoms with E-state index in [4.69, 9.17) is 9.26 Å². The Morgan fingerprint density at radius 1 is 1.14 bits per heavy atom. The molecule has 1 aromatic heterocycles. The molecule has 1 aromatic carbocycles. The summed E-state index contributed by atoms with van der Waals surface area (Å²) >= 11 is 0. The Morgan fingerprint density at radius 2 is 1.86 bits per heavy atom. The van der Waals surface area contributed by atoms with Crippen molar-refractivity contribution in [3.8, 4) is 5.75 Å². The number of nitrogens with one attached hydrogen (secondary N) is 1. The summed E-state index contributed by atoms with van der Waals surface area (Å²) in [5.41, 5.74) is 0.686. The van der Waals surface area contributed by atoms with Gasteiger partial charge < -0.3 is 24.4 Å². The van der Waals surface area contributed by atoms with Crippen LogP contribution in [0.1, 0.15) is 43.8 Å². The molecule has 9 nitrogen and oxygen atoms in total. The molecule has 0 atom stereocenters. The number of amides is 3. The first-order chi connectivity index (χ1) is 14.1. The smallest absolute Gasteiger partial charge is 0.321 e. The minimum atomic E-state index is -0.163. The predicted octanol–water partition coefficient (Wildman–Crippen LogP) is 2.61. The molecule has 2 fully saturated rings. The molecule has 2 aromatic rings. The van der Waals surface area contributed by atoms with Gasteiger partial charge in [-0.05, 0) is 43.5 Å². The third kappa shape index (κ3) is 5.04. The number of urea groups is 1. The van der Waals surface area contributed by atoms with Gasteiger partial charge in [0, 0.05) is 44.7 Å². The van der Waals surface area contributed by atoms with Crippen LogP contribution in [0.3, 0.4) is 0 Å². The van der Waals surface area contributed by atoms with Crippen LogP contribution in [-0.4, -0.2) is 58.1 Å². The fraction of sp³-hybridized carbons (Fsp3) is 0.500. The van der Waals surface area contributed by atoms with Gasteiger partial charge in [-0.1, -0.05) is 5.16 Å². The molecular formula is C20H25N5O4. The SMILES string of the molecule is CC(=O)N1CCCN(C(=O)Nc2ccc(OCc3noc(C4CC4)n3)cc2)CC1. The maximum absolute atomic E-state index is 12.5. The molecule has 1 aliphatic carbocycles. The minimum absolute atomic E-state index is 0.0485. The van der Waals surface area contributed by atoms with Crippen LogP contribution < -0.4 is 10.1 Å². The van der Waals surface area contributed by atoms with Gasteiger partial charge in [-0.25, -0.2) is 4.79 Å². The normalized spacial score (nSPS) is 17.0. The molecule has 0 bridgehead atoms. The van der Waals surface area contributed by atoms with Crippen molar-refractivity contribution < 1.29 is 18.8 Å². The second-order valence-electron chi connectivity index (χ2n) is 7.41. The van der Waals surface area contributed by atoms with Crippen molar-refractivity contribution in [3.63, 3.8) is 0 Å². The zero-order chi connectivity index (χ0) is 20.2. The average molecular weight is 399 g/mol. The summed E-state index contributed by atoms with van der Waals surface area (Å²) in [6.07, 6.45) is 3.00. The van der Waals surface area contributed by atoms with Gasteiger partial charge in [0.25, 0.3) is 0 Å². The Bertz CT molecular complexity index is 862. The van der Waals surface area contributed by atoms with Crippen LogP contribution in [0.2, 0.25) is 0 Å². The van der Waals surface area contributed by atoms with E-state index in [2.05, 4.69) is 15.5 Å². The Kier molecular flexibility index (Phi) is 5.64. The average Bonchev–Trinajstić information content (AvgIpc) is 3.50. The number of rotatable bonds is 5. The van der Waals surface area contributed by atoms with Crippen LogP contribution in [0.5, 0.6) is 5.75 Å². The van der Waals surface area contributed by atoms with Gasteiger partial charge in [-0.15, -0.1) is 0 Å². The van der Waals surface area contributed by atoms with E-state index in [1.807, 2.05) is 0 Å². The fourth-order valence-corrected chi connectivity index (χ4v) is 3.24. The van der Waals surface area contributed by atoms with E-state index in [1.54, 1.807) is 41.0 Å². The number of benzene rings is 1. The lowest BCUT2D eigenvalue weighted by Crippen LogP contribution is -2.38. The zero-order valence-electron chi connectivity index (χ0n) is 16.5. The molecule has 1 N–H and O–H groups in total. The highest BCUT2D eigenvalue weighted by Crippen LogP contribution is 2.38. The number of ether oxygens (including phenoxy) is 1. The van der Waals surface area contributed by atoms with E-state index in [0.717, 1.165) is 19.3 Å². The standard InChI is InChI=1S/C20H25N5O4/c1-14(26)24-9-2-10-25(12-11-24)20(27)21-16-5-7-17(8-6-16)28-13-18-22-19(29-23-18)15-3-4-15/h5-8,15H,2-4,9-13H2,1H3,(H,21,27). The second kappa shape index (κ2) is 8.50. The Labute approximate surface area is 169 Å². The number of carbonyl (C=O) groups is 2. The van der Waals surface area contributed by atoms with Crippen molar-refractivity contribution in [3.05, 3.63) is 36.0 Å². The van der Waals surface area contributed by atoms with Crippen molar-refractivity contribution >= 4 is 17.6 Å². The summed E-state index contributed by atoms with van der Waals surface area (Å²) < 4.78 is 10.9. The van der Waals surface area contributed by atoms with E-state index in [1.165, 1.54) is 0 Å². The molecule has 1 saturated carbocycles. The minimum Gasteiger partial charge on any atom is -0.485 e. The first-order valence-corrected chi connectivity index (χ1v) is 9.95. The molecule has 2 aliphatic rings. The molecule has 2 heterocycles. The highest BCUT2D eigenvalue weighted by molar-refractivity contribution is 5.89. The lowest BCUT2D eigenvalue weighted by atomic mass is 10.3. The summed E-state index contributed by atoms with van der Waals surface area (Å²) in [6, 6.07) is 7.00. The van der Waals surface area contributed by atoms with E-state index in [-0.39, 0.29) is 18.5 Å². The number of anilines is 1. The summed E-state index contributed by atoms with van der Waals surface area (Å²) in [6.45, 7) is 4.21. The van der Waals surface area contributed by atoms with Gasteiger partial charge in [0.2, 0.25) is 17.6 Å². The number of hydrogen-bond acceptors (Lipinski definition) is 6. The van der Waals surface area contributed by atoms with Crippen LogP contribution in [0, 0.1) is 0 Å². The Balaban J connectivity index is 1.26. The topological polar surface area (TPSA) is 101 Å². The summed E-state index contributed by atoms with van der Waals surface area (Å²) in [7, 11) is 0.